The molecule has 0 bridgehead atoms. The highest BCUT2D eigenvalue weighted by Gasteiger charge is 2.12. The van der Waals surface area contributed by atoms with Gasteiger partial charge in [0.15, 0.2) is 0 Å². The number of rotatable bonds is 7. The summed E-state index contributed by atoms with van der Waals surface area (Å²) in [6, 6.07) is 7.33. The molecular weight excluding hydrogens is 246 g/mol. The van der Waals surface area contributed by atoms with Crippen LogP contribution in [0.4, 0.5) is 5.69 Å². The number of benzene rings is 1. The Labute approximate surface area is 114 Å². The molecule has 0 aliphatic rings. The van der Waals surface area contributed by atoms with Crippen molar-refractivity contribution in [1.29, 1.82) is 0 Å². The average molecular weight is 269 g/mol. The van der Waals surface area contributed by atoms with Crippen molar-refractivity contribution in [2.24, 2.45) is 5.92 Å². The Hall–Kier alpha value is -0.870. The van der Waals surface area contributed by atoms with E-state index < -0.39 is 6.10 Å². The van der Waals surface area contributed by atoms with Crippen LogP contribution in [0.25, 0.3) is 0 Å². The van der Waals surface area contributed by atoms with E-state index in [0.29, 0.717) is 28.4 Å². The molecule has 2 unspecified atom stereocenters. The van der Waals surface area contributed by atoms with Crippen molar-refractivity contribution in [2.75, 3.05) is 18.1 Å². The van der Waals surface area contributed by atoms with Crippen LogP contribution in [0.5, 0.6) is 5.75 Å². The summed E-state index contributed by atoms with van der Waals surface area (Å²) in [4.78, 5) is 0. The van der Waals surface area contributed by atoms with Crippen LogP contribution in [-0.2, 0) is 0 Å². The third-order valence-electron chi connectivity index (χ3n) is 2.84. The Morgan fingerprint density at radius 3 is 2.56 bits per heavy atom. The molecule has 0 amide bonds. The fourth-order valence-electron chi connectivity index (χ4n) is 1.30. The van der Waals surface area contributed by atoms with Crippen LogP contribution in [0.2, 0.25) is 0 Å². The zero-order valence-electron chi connectivity index (χ0n) is 11.3. The van der Waals surface area contributed by atoms with Gasteiger partial charge < -0.3 is 15.6 Å². The fourth-order valence-corrected chi connectivity index (χ4v) is 2.31. The Morgan fingerprint density at radius 1 is 1.28 bits per heavy atom. The first-order valence-electron chi connectivity index (χ1n) is 6.27. The Balaban J connectivity index is 2.29. The third-order valence-corrected chi connectivity index (χ3v) is 4.49. The van der Waals surface area contributed by atoms with Crippen LogP contribution in [0, 0.1) is 5.92 Å². The predicted octanol–water partition coefficient (Wildman–Crippen LogP) is 2.79. The van der Waals surface area contributed by atoms with Crippen LogP contribution in [0.1, 0.15) is 20.8 Å². The van der Waals surface area contributed by atoms with Gasteiger partial charge in [0.1, 0.15) is 12.4 Å². The fraction of sp³-hybridized carbons (Fsp3) is 0.571. The van der Waals surface area contributed by atoms with Crippen molar-refractivity contribution in [1.82, 2.24) is 0 Å². The lowest BCUT2D eigenvalue weighted by Crippen LogP contribution is -2.22. The summed E-state index contributed by atoms with van der Waals surface area (Å²) in [5.41, 5.74) is 6.36. The topological polar surface area (TPSA) is 55.5 Å². The lowest BCUT2D eigenvalue weighted by molar-refractivity contribution is 0.126. The second kappa shape index (κ2) is 7.54. The number of aliphatic hydroxyl groups excluding tert-OH is 1. The number of aliphatic hydroxyl groups is 1. The van der Waals surface area contributed by atoms with E-state index in [1.165, 1.54) is 0 Å². The number of nitrogen functional groups attached to an aromatic ring is 1. The summed E-state index contributed by atoms with van der Waals surface area (Å²) in [6.07, 6.45) is -0.462. The summed E-state index contributed by atoms with van der Waals surface area (Å²) in [6.45, 7) is 6.83. The Bertz CT molecular complexity index is 357. The number of ether oxygens (including phenoxy) is 1. The van der Waals surface area contributed by atoms with Gasteiger partial charge in [0.2, 0.25) is 0 Å². The molecule has 4 heteroatoms. The van der Waals surface area contributed by atoms with Crippen LogP contribution < -0.4 is 10.5 Å². The average Bonchev–Trinajstić information content (AvgIpc) is 2.34. The Kier molecular flexibility index (Phi) is 6.36. The second-order valence-electron chi connectivity index (χ2n) is 4.79. The normalized spacial score (nSPS) is 14.5. The summed E-state index contributed by atoms with van der Waals surface area (Å²) in [5, 5.41) is 10.4. The molecule has 3 nitrogen and oxygen atoms in total. The minimum absolute atomic E-state index is 0.284. The van der Waals surface area contributed by atoms with Gasteiger partial charge in [0, 0.05) is 11.0 Å². The highest BCUT2D eigenvalue weighted by atomic mass is 32.2. The van der Waals surface area contributed by atoms with Gasteiger partial charge in [-0.25, -0.2) is 0 Å². The van der Waals surface area contributed by atoms with Crippen LogP contribution in [-0.4, -0.2) is 28.8 Å². The van der Waals surface area contributed by atoms with E-state index in [4.69, 9.17) is 10.5 Å². The molecule has 3 N–H and O–H groups in total. The van der Waals surface area contributed by atoms with Crippen molar-refractivity contribution in [3.8, 4) is 5.75 Å². The maximum atomic E-state index is 9.85. The zero-order valence-corrected chi connectivity index (χ0v) is 12.1. The molecule has 0 aliphatic heterocycles. The molecule has 102 valence electrons. The first-order valence-corrected chi connectivity index (χ1v) is 7.32. The van der Waals surface area contributed by atoms with E-state index in [-0.39, 0.29) is 6.61 Å². The standard InChI is InChI=1S/C14H23NO2S/c1-10(2)11(3)18-9-12(16)8-17-14-7-5-4-6-13(14)15/h4-7,10-12,16H,8-9,15H2,1-3H3. The van der Waals surface area contributed by atoms with E-state index in [0.717, 1.165) is 0 Å². The van der Waals surface area contributed by atoms with Crippen molar-refractivity contribution >= 4 is 17.4 Å². The minimum Gasteiger partial charge on any atom is -0.489 e. The molecule has 2 atom stereocenters. The molecule has 0 fully saturated rings. The molecule has 0 aliphatic carbocycles. The van der Waals surface area contributed by atoms with Gasteiger partial charge in [-0.3, -0.25) is 0 Å². The van der Waals surface area contributed by atoms with E-state index in [9.17, 15) is 5.11 Å². The smallest absolute Gasteiger partial charge is 0.142 e. The SMILES string of the molecule is CC(C)C(C)SCC(O)COc1ccccc1N. The lowest BCUT2D eigenvalue weighted by atomic mass is 10.2. The van der Waals surface area contributed by atoms with Crippen molar-refractivity contribution in [3.05, 3.63) is 24.3 Å². The van der Waals surface area contributed by atoms with Gasteiger partial charge in [-0.15, -0.1) is 0 Å². The van der Waals surface area contributed by atoms with E-state index >= 15 is 0 Å². The predicted molar refractivity (Wildman–Crippen MR) is 79.1 cm³/mol. The molecule has 0 heterocycles. The third kappa shape index (κ3) is 5.19. The molecule has 0 radical (unpaired) electrons. The summed E-state index contributed by atoms with van der Waals surface area (Å²) in [7, 11) is 0. The van der Waals surface area contributed by atoms with Gasteiger partial charge >= 0.3 is 0 Å². The number of thioether (sulfide) groups is 1. The van der Waals surface area contributed by atoms with Crippen LogP contribution in [0.15, 0.2) is 24.3 Å². The first kappa shape index (κ1) is 15.2. The summed E-state index contributed by atoms with van der Waals surface area (Å²) >= 11 is 1.77. The quantitative estimate of drug-likeness (QED) is 0.747. The molecule has 0 aromatic heterocycles. The van der Waals surface area contributed by atoms with E-state index in [1.54, 1.807) is 17.8 Å². The van der Waals surface area contributed by atoms with Crippen LogP contribution >= 0.6 is 11.8 Å². The number of hydrogen-bond donors (Lipinski definition) is 2. The number of hydrogen-bond acceptors (Lipinski definition) is 4. The van der Waals surface area contributed by atoms with Crippen molar-refractivity contribution in [3.63, 3.8) is 0 Å². The molecule has 18 heavy (non-hydrogen) atoms. The molecule has 1 rings (SSSR count). The summed E-state index contributed by atoms with van der Waals surface area (Å²) in [5.74, 6) is 1.94. The van der Waals surface area contributed by atoms with E-state index in [2.05, 4.69) is 20.8 Å². The molecule has 0 saturated carbocycles. The summed E-state index contributed by atoms with van der Waals surface area (Å²) < 4.78 is 5.50. The minimum atomic E-state index is -0.462. The van der Waals surface area contributed by atoms with Crippen LogP contribution in [0.3, 0.4) is 0 Å². The largest absolute Gasteiger partial charge is 0.489 e. The zero-order chi connectivity index (χ0) is 13.5. The first-order chi connectivity index (χ1) is 8.50. The lowest BCUT2D eigenvalue weighted by Gasteiger charge is -2.18. The molecule has 0 spiro atoms. The highest BCUT2D eigenvalue weighted by Crippen LogP contribution is 2.22. The van der Waals surface area contributed by atoms with Crippen molar-refractivity contribution < 1.29 is 9.84 Å². The van der Waals surface area contributed by atoms with Crippen molar-refractivity contribution in [2.45, 2.75) is 32.1 Å². The number of para-hydroxylation sites is 2. The molecule has 1 aromatic rings. The maximum absolute atomic E-state index is 9.85. The number of nitrogens with two attached hydrogens (primary N) is 1. The number of anilines is 1. The molecule has 0 saturated heterocycles. The molecular formula is C14H23NO2S. The van der Waals surface area contributed by atoms with Gasteiger partial charge in [-0.1, -0.05) is 32.9 Å². The monoisotopic (exact) mass is 269 g/mol. The van der Waals surface area contributed by atoms with Gasteiger partial charge in [-0.05, 0) is 18.1 Å². The maximum Gasteiger partial charge on any atom is 0.142 e. The van der Waals surface area contributed by atoms with Gasteiger partial charge in [0.25, 0.3) is 0 Å². The highest BCUT2D eigenvalue weighted by molar-refractivity contribution is 7.99. The van der Waals surface area contributed by atoms with E-state index in [1.807, 2.05) is 18.2 Å². The van der Waals surface area contributed by atoms with Gasteiger partial charge in [0.05, 0.1) is 11.8 Å². The van der Waals surface area contributed by atoms with Gasteiger partial charge in [-0.2, -0.15) is 11.8 Å². The molecule has 1 aromatic carbocycles. The second-order valence-corrected chi connectivity index (χ2v) is 6.20. The Morgan fingerprint density at radius 2 is 1.94 bits per heavy atom.